The van der Waals surface area contributed by atoms with E-state index in [0.29, 0.717) is 6.42 Å². The highest BCUT2D eigenvalue weighted by atomic mass is 17.2. The molecule has 0 radical (unpaired) electrons. The molecule has 0 saturated heterocycles. The van der Waals surface area contributed by atoms with E-state index in [4.69, 9.17) is 19.6 Å². The van der Waals surface area contributed by atoms with Gasteiger partial charge in [-0.15, -0.1) is 0 Å². The molecule has 0 aromatic rings. The molecule has 21 heavy (non-hydrogen) atoms. The van der Waals surface area contributed by atoms with E-state index in [2.05, 4.69) is 0 Å². The Bertz CT molecular complexity index is 350. The van der Waals surface area contributed by atoms with Crippen LogP contribution in [0, 0.1) is 11.8 Å². The third-order valence-corrected chi connectivity index (χ3v) is 2.47. The van der Waals surface area contributed by atoms with E-state index < -0.39 is 35.0 Å². The molecule has 0 aliphatic rings. The number of hydrogen-bond donors (Lipinski definition) is 0. The molecule has 0 bridgehead atoms. The molecule has 2 atom stereocenters. The fourth-order valence-electron chi connectivity index (χ4n) is 1.36. The van der Waals surface area contributed by atoms with Gasteiger partial charge < -0.3 is 0 Å². The van der Waals surface area contributed by atoms with Crippen LogP contribution in [0.25, 0.3) is 0 Å². The fourth-order valence-corrected chi connectivity index (χ4v) is 1.36. The lowest BCUT2D eigenvalue weighted by Gasteiger charge is -2.23. The molecule has 6 heteroatoms. The molecule has 0 N–H and O–H groups in total. The molecule has 0 aromatic heterocycles. The topological polar surface area (TPSA) is 71.1 Å². The molecular weight excluding hydrogens is 276 g/mol. The third kappa shape index (κ3) is 8.67. The number of rotatable bonds is 6. The summed E-state index contributed by atoms with van der Waals surface area (Å²) in [6, 6.07) is 0. The monoisotopic (exact) mass is 304 g/mol. The second-order valence-corrected chi connectivity index (χ2v) is 7.00. The molecule has 0 aliphatic heterocycles. The van der Waals surface area contributed by atoms with Crippen LogP contribution >= 0.6 is 0 Å². The zero-order valence-corrected chi connectivity index (χ0v) is 14.3. The highest BCUT2D eigenvalue weighted by Crippen LogP contribution is 2.21. The van der Waals surface area contributed by atoms with Crippen molar-refractivity contribution in [2.75, 3.05) is 0 Å². The molecule has 0 aromatic carbocycles. The molecule has 0 amide bonds. The van der Waals surface area contributed by atoms with Crippen LogP contribution in [0.2, 0.25) is 0 Å². The van der Waals surface area contributed by atoms with Crippen LogP contribution in [0.15, 0.2) is 0 Å². The van der Waals surface area contributed by atoms with Crippen molar-refractivity contribution in [2.45, 2.75) is 73.0 Å². The minimum atomic E-state index is -0.687. The summed E-state index contributed by atoms with van der Waals surface area (Å²) in [5.41, 5.74) is -1.21. The van der Waals surface area contributed by atoms with Crippen LogP contribution in [0.1, 0.15) is 61.8 Å². The predicted molar refractivity (Wildman–Crippen MR) is 76.8 cm³/mol. The summed E-state index contributed by atoms with van der Waals surface area (Å²) in [7, 11) is 0. The lowest BCUT2D eigenvalue weighted by molar-refractivity contribution is -0.329. The Morgan fingerprint density at radius 2 is 1.24 bits per heavy atom. The zero-order valence-electron chi connectivity index (χ0n) is 14.3. The van der Waals surface area contributed by atoms with E-state index in [1.807, 2.05) is 0 Å². The van der Waals surface area contributed by atoms with Gasteiger partial charge in [0.05, 0.1) is 11.8 Å². The molecular formula is C15H28O6. The van der Waals surface area contributed by atoms with Crippen LogP contribution in [-0.2, 0) is 29.1 Å². The number of carbonyl (C=O) groups is 2. The Hall–Kier alpha value is -1.14. The van der Waals surface area contributed by atoms with Crippen molar-refractivity contribution in [3.05, 3.63) is 0 Å². The quantitative estimate of drug-likeness (QED) is 0.554. The summed E-state index contributed by atoms with van der Waals surface area (Å²) in [5.74, 6) is -2.53. The van der Waals surface area contributed by atoms with Crippen LogP contribution in [0.3, 0.4) is 0 Å². The first-order valence-corrected chi connectivity index (χ1v) is 7.16. The van der Waals surface area contributed by atoms with Crippen LogP contribution < -0.4 is 0 Å². The third-order valence-electron chi connectivity index (χ3n) is 2.47. The van der Waals surface area contributed by atoms with Crippen molar-refractivity contribution in [3.63, 3.8) is 0 Å². The van der Waals surface area contributed by atoms with Gasteiger partial charge in [-0.3, -0.25) is 9.78 Å². The zero-order chi connectivity index (χ0) is 16.8. The SMILES string of the molecule is CCC(C(=O)OOC(C)(C)C)C(C)C(=O)OOC(C)(C)C. The van der Waals surface area contributed by atoms with Gasteiger partial charge in [-0.1, -0.05) is 13.8 Å². The largest absolute Gasteiger partial charge is 0.346 e. The Labute approximate surface area is 126 Å². The highest BCUT2D eigenvalue weighted by molar-refractivity contribution is 5.81. The van der Waals surface area contributed by atoms with Crippen molar-refractivity contribution in [2.24, 2.45) is 11.8 Å². The van der Waals surface area contributed by atoms with Gasteiger partial charge in [0, 0.05) is 0 Å². The van der Waals surface area contributed by atoms with Crippen molar-refractivity contribution < 1.29 is 29.1 Å². The smallest absolute Gasteiger partial charge is 0.297 e. The Balaban J connectivity index is 4.56. The minimum Gasteiger partial charge on any atom is -0.297 e. The molecule has 0 fully saturated rings. The maximum atomic E-state index is 12.0. The lowest BCUT2D eigenvalue weighted by Crippen LogP contribution is -2.33. The van der Waals surface area contributed by atoms with Gasteiger partial charge in [0.15, 0.2) is 0 Å². The van der Waals surface area contributed by atoms with E-state index >= 15 is 0 Å². The summed E-state index contributed by atoms with van der Waals surface area (Å²) in [5, 5.41) is 0. The first kappa shape index (κ1) is 19.9. The van der Waals surface area contributed by atoms with Crippen molar-refractivity contribution in [1.82, 2.24) is 0 Å². The average Bonchev–Trinajstić information content (AvgIpc) is 2.32. The van der Waals surface area contributed by atoms with E-state index in [1.165, 1.54) is 0 Å². The van der Waals surface area contributed by atoms with Gasteiger partial charge in [-0.25, -0.2) is 9.59 Å². The number of carbonyl (C=O) groups excluding carboxylic acids is 2. The summed E-state index contributed by atoms with van der Waals surface area (Å²) in [6.45, 7) is 13.9. The summed E-state index contributed by atoms with van der Waals surface area (Å²) in [6.07, 6.45) is 0.429. The van der Waals surface area contributed by atoms with Gasteiger partial charge in [0.25, 0.3) is 0 Å². The van der Waals surface area contributed by atoms with Gasteiger partial charge in [0.1, 0.15) is 11.2 Å². The van der Waals surface area contributed by atoms with E-state index in [1.54, 1.807) is 55.4 Å². The Morgan fingerprint density at radius 3 is 1.57 bits per heavy atom. The highest BCUT2D eigenvalue weighted by Gasteiger charge is 2.34. The molecule has 6 nitrogen and oxygen atoms in total. The molecule has 0 heterocycles. The van der Waals surface area contributed by atoms with Gasteiger partial charge in [0.2, 0.25) is 0 Å². The molecule has 124 valence electrons. The van der Waals surface area contributed by atoms with Gasteiger partial charge in [-0.05, 0) is 48.0 Å². The first-order chi connectivity index (χ1) is 9.37. The Morgan fingerprint density at radius 1 is 0.857 bits per heavy atom. The second kappa shape index (κ2) is 7.75. The van der Waals surface area contributed by atoms with Crippen molar-refractivity contribution in [1.29, 1.82) is 0 Å². The van der Waals surface area contributed by atoms with E-state index in [0.717, 1.165) is 0 Å². The lowest BCUT2D eigenvalue weighted by atomic mass is 9.92. The standard InChI is InChI=1S/C15H28O6/c1-9-11(13(17)19-21-15(6,7)8)10(2)12(16)18-20-14(3,4)5/h10-11H,9H2,1-8H3. The first-order valence-electron chi connectivity index (χ1n) is 7.16. The summed E-state index contributed by atoms with van der Waals surface area (Å²) >= 11 is 0. The maximum absolute atomic E-state index is 12.0. The molecule has 0 saturated carbocycles. The predicted octanol–water partition coefficient (Wildman–Crippen LogP) is 3.20. The van der Waals surface area contributed by atoms with Crippen LogP contribution in [-0.4, -0.2) is 23.1 Å². The molecule has 0 rings (SSSR count). The van der Waals surface area contributed by atoms with Gasteiger partial charge >= 0.3 is 11.9 Å². The number of hydrogen-bond acceptors (Lipinski definition) is 6. The summed E-state index contributed by atoms with van der Waals surface area (Å²) in [4.78, 5) is 43.4. The van der Waals surface area contributed by atoms with Crippen molar-refractivity contribution >= 4 is 11.9 Å². The van der Waals surface area contributed by atoms with Crippen molar-refractivity contribution in [3.8, 4) is 0 Å². The minimum absolute atomic E-state index is 0.429. The fraction of sp³-hybridized carbons (Fsp3) is 0.867. The van der Waals surface area contributed by atoms with E-state index in [-0.39, 0.29) is 0 Å². The maximum Gasteiger partial charge on any atom is 0.346 e. The van der Waals surface area contributed by atoms with Crippen LogP contribution in [0.5, 0.6) is 0 Å². The Kier molecular flexibility index (Phi) is 7.33. The molecule has 2 unspecified atom stereocenters. The average molecular weight is 304 g/mol. The normalized spacial score (nSPS) is 15.2. The van der Waals surface area contributed by atoms with E-state index in [9.17, 15) is 9.59 Å². The van der Waals surface area contributed by atoms with Gasteiger partial charge in [-0.2, -0.15) is 9.78 Å². The van der Waals surface area contributed by atoms with Crippen LogP contribution in [0.4, 0.5) is 0 Å². The second-order valence-electron chi connectivity index (χ2n) is 7.00. The molecule has 0 aliphatic carbocycles. The summed E-state index contributed by atoms with van der Waals surface area (Å²) < 4.78 is 0. The molecule has 0 spiro atoms.